The smallest absolute Gasteiger partial charge is 0.220 e. The highest BCUT2D eigenvalue weighted by molar-refractivity contribution is 5.86. The Morgan fingerprint density at radius 3 is 2.73 bits per heavy atom. The number of amides is 1. The SMILES string of the molecule is CC(NC(=O)CCc1cccc2ccccc12)c1ccc2c(c1)CCC2. The minimum Gasteiger partial charge on any atom is -0.350 e. The van der Waals surface area contributed by atoms with Gasteiger partial charge in [0.1, 0.15) is 0 Å². The summed E-state index contributed by atoms with van der Waals surface area (Å²) in [6, 6.07) is 21.4. The van der Waals surface area contributed by atoms with Crippen LogP contribution in [0.5, 0.6) is 0 Å². The van der Waals surface area contributed by atoms with Crippen molar-refractivity contribution >= 4 is 16.7 Å². The summed E-state index contributed by atoms with van der Waals surface area (Å²) >= 11 is 0. The number of carbonyl (C=O) groups excluding carboxylic acids is 1. The molecule has 1 aliphatic carbocycles. The number of hydrogen-bond acceptors (Lipinski definition) is 1. The standard InChI is InChI=1S/C24H25NO/c1-17(21-13-12-18-7-4-10-22(18)16-21)25-24(26)15-14-20-9-5-8-19-6-2-3-11-23(19)20/h2-3,5-6,8-9,11-13,16-17H,4,7,10,14-15H2,1H3,(H,25,26). The second-order valence-electron chi connectivity index (χ2n) is 7.31. The summed E-state index contributed by atoms with van der Waals surface area (Å²) in [6.07, 6.45) is 4.91. The van der Waals surface area contributed by atoms with E-state index in [1.807, 2.05) is 0 Å². The van der Waals surface area contributed by atoms with Gasteiger partial charge in [-0.25, -0.2) is 0 Å². The van der Waals surface area contributed by atoms with Gasteiger partial charge in [-0.05, 0) is 65.6 Å². The first-order valence-corrected chi connectivity index (χ1v) is 9.58. The van der Waals surface area contributed by atoms with E-state index >= 15 is 0 Å². The summed E-state index contributed by atoms with van der Waals surface area (Å²) in [4.78, 5) is 12.5. The normalized spacial score (nSPS) is 14.2. The van der Waals surface area contributed by atoms with Crippen LogP contribution in [-0.4, -0.2) is 5.91 Å². The number of hydrogen-bond donors (Lipinski definition) is 1. The Balaban J connectivity index is 1.39. The second kappa shape index (κ2) is 7.33. The van der Waals surface area contributed by atoms with Gasteiger partial charge in [-0.1, -0.05) is 60.7 Å². The number of benzene rings is 3. The van der Waals surface area contributed by atoms with Crippen molar-refractivity contribution in [3.63, 3.8) is 0 Å². The molecular weight excluding hydrogens is 318 g/mol. The first-order chi connectivity index (χ1) is 12.7. The van der Waals surface area contributed by atoms with Crippen LogP contribution in [0.4, 0.5) is 0 Å². The van der Waals surface area contributed by atoms with Gasteiger partial charge in [0.2, 0.25) is 5.91 Å². The molecule has 2 heteroatoms. The number of fused-ring (bicyclic) bond motifs is 2. The predicted molar refractivity (Wildman–Crippen MR) is 107 cm³/mol. The minimum absolute atomic E-state index is 0.0564. The number of aryl methyl sites for hydroxylation is 3. The zero-order chi connectivity index (χ0) is 17.9. The maximum atomic E-state index is 12.5. The first-order valence-electron chi connectivity index (χ1n) is 9.58. The van der Waals surface area contributed by atoms with Crippen LogP contribution in [0.25, 0.3) is 10.8 Å². The van der Waals surface area contributed by atoms with Gasteiger partial charge < -0.3 is 5.32 Å². The van der Waals surface area contributed by atoms with Crippen molar-refractivity contribution in [2.75, 3.05) is 0 Å². The van der Waals surface area contributed by atoms with Crippen molar-refractivity contribution in [1.82, 2.24) is 5.32 Å². The van der Waals surface area contributed by atoms with Crippen LogP contribution in [0.1, 0.15) is 48.1 Å². The second-order valence-corrected chi connectivity index (χ2v) is 7.31. The largest absolute Gasteiger partial charge is 0.350 e. The van der Waals surface area contributed by atoms with Gasteiger partial charge in [-0.2, -0.15) is 0 Å². The van der Waals surface area contributed by atoms with Gasteiger partial charge in [0.25, 0.3) is 0 Å². The summed E-state index contributed by atoms with van der Waals surface area (Å²) < 4.78 is 0. The molecule has 0 saturated heterocycles. The van der Waals surface area contributed by atoms with Crippen LogP contribution in [0, 0.1) is 0 Å². The first kappa shape index (κ1) is 16.8. The van der Waals surface area contributed by atoms with Crippen molar-refractivity contribution in [2.24, 2.45) is 0 Å². The van der Waals surface area contributed by atoms with E-state index in [1.165, 1.54) is 52.3 Å². The van der Waals surface area contributed by atoms with E-state index < -0.39 is 0 Å². The van der Waals surface area contributed by atoms with Crippen molar-refractivity contribution in [3.8, 4) is 0 Å². The van der Waals surface area contributed by atoms with E-state index in [9.17, 15) is 4.79 Å². The van der Waals surface area contributed by atoms with Crippen molar-refractivity contribution in [3.05, 3.63) is 82.9 Å². The molecule has 0 saturated carbocycles. The van der Waals surface area contributed by atoms with E-state index in [2.05, 4.69) is 72.9 Å². The summed E-state index contributed by atoms with van der Waals surface area (Å²) in [7, 11) is 0. The van der Waals surface area contributed by atoms with Crippen LogP contribution < -0.4 is 5.32 Å². The fourth-order valence-corrected chi connectivity index (χ4v) is 4.02. The van der Waals surface area contributed by atoms with Crippen molar-refractivity contribution < 1.29 is 4.79 Å². The Morgan fingerprint density at radius 2 is 1.81 bits per heavy atom. The average Bonchev–Trinajstić information content (AvgIpc) is 3.14. The van der Waals surface area contributed by atoms with Crippen LogP contribution in [0.15, 0.2) is 60.7 Å². The van der Waals surface area contributed by atoms with Gasteiger partial charge in [0, 0.05) is 6.42 Å². The highest BCUT2D eigenvalue weighted by Gasteiger charge is 2.15. The summed E-state index contributed by atoms with van der Waals surface area (Å²) in [6.45, 7) is 2.08. The highest BCUT2D eigenvalue weighted by atomic mass is 16.1. The molecule has 1 amide bonds. The van der Waals surface area contributed by atoms with E-state index in [4.69, 9.17) is 0 Å². The molecule has 0 aliphatic heterocycles. The van der Waals surface area contributed by atoms with E-state index in [0.29, 0.717) is 6.42 Å². The molecule has 4 rings (SSSR count). The summed E-state index contributed by atoms with van der Waals surface area (Å²) in [5, 5.41) is 5.64. The molecule has 3 aromatic carbocycles. The fraction of sp³-hybridized carbons (Fsp3) is 0.292. The van der Waals surface area contributed by atoms with Crippen molar-refractivity contribution in [1.29, 1.82) is 0 Å². The molecule has 1 aliphatic rings. The molecule has 1 N–H and O–H groups in total. The molecule has 0 fully saturated rings. The maximum Gasteiger partial charge on any atom is 0.220 e. The molecule has 1 atom stereocenters. The van der Waals surface area contributed by atoms with Crippen LogP contribution in [0.2, 0.25) is 0 Å². The lowest BCUT2D eigenvalue weighted by Gasteiger charge is -2.16. The highest BCUT2D eigenvalue weighted by Crippen LogP contribution is 2.25. The van der Waals surface area contributed by atoms with Gasteiger partial charge in [-0.15, -0.1) is 0 Å². The maximum absolute atomic E-state index is 12.5. The third-order valence-corrected chi connectivity index (χ3v) is 5.50. The fourth-order valence-electron chi connectivity index (χ4n) is 4.02. The Kier molecular flexibility index (Phi) is 4.75. The number of carbonyl (C=O) groups is 1. The molecule has 26 heavy (non-hydrogen) atoms. The molecule has 132 valence electrons. The van der Waals surface area contributed by atoms with Crippen molar-refractivity contribution in [2.45, 2.75) is 45.1 Å². The van der Waals surface area contributed by atoms with Crippen LogP contribution in [0.3, 0.4) is 0 Å². The minimum atomic E-state index is 0.0564. The van der Waals surface area contributed by atoms with Gasteiger partial charge in [-0.3, -0.25) is 4.79 Å². The summed E-state index contributed by atoms with van der Waals surface area (Å²) in [5.41, 5.74) is 5.38. The van der Waals surface area contributed by atoms with Gasteiger partial charge in [0.05, 0.1) is 6.04 Å². The number of nitrogens with one attached hydrogen (secondary N) is 1. The Morgan fingerprint density at radius 1 is 1.00 bits per heavy atom. The van der Waals surface area contributed by atoms with E-state index in [-0.39, 0.29) is 11.9 Å². The topological polar surface area (TPSA) is 29.1 Å². The third kappa shape index (κ3) is 3.50. The Labute approximate surface area is 155 Å². The Hall–Kier alpha value is -2.61. The zero-order valence-electron chi connectivity index (χ0n) is 15.3. The average molecular weight is 343 g/mol. The molecule has 3 aromatic rings. The lowest BCUT2D eigenvalue weighted by atomic mass is 10.00. The summed E-state index contributed by atoms with van der Waals surface area (Å²) in [5.74, 6) is 0.117. The van der Waals surface area contributed by atoms with E-state index in [1.54, 1.807) is 0 Å². The van der Waals surface area contributed by atoms with Gasteiger partial charge in [0.15, 0.2) is 0 Å². The van der Waals surface area contributed by atoms with Gasteiger partial charge >= 0.3 is 0 Å². The van der Waals surface area contributed by atoms with E-state index in [0.717, 1.165) is 6.42 Å². The molecule has 0 bridgehead atoms. The lowest BCUT2D eigenvalue weighted by molar-refractivity contribution is -0.121. The lowest BCUT2D eigenvalue weighted by Crippen LogP contribution is -2.26. The zero-order valence-corrected chi connectivity index (χ0v) is 15.3. The van der Waals surface area contributed by atoms with Crippen LogP contribution in [-0.2, 0) is 24.1 Å². The molecular formula is C24H25NO. The van der Waals surface area contributed by atoms with Crippen LogP contribution >= 0.6 is 0 Å². The quantitative estimate of drug-likeness (QED) is 0.683. The molecule has 1 unspecified atom stereocenters. The molecule has 0 aromatic heterocycles. The molecule has 0 heterocycles. The predicted octanol–water partition coefficient (Wildman–Crippen LogP) is 5.14. The number of rotatable bonds is 5. The molecule has 0 spiro atoms. The monoisotopic (exact) mass is 343 g/mol. The Bertz CT molecular complexity index is 939. The third-order valence-electron chi connectivity index (χ3n) is 5.50. The molecule has 2 nitrogen and oxygen atoms in total. The molecule has 0 radical (unpaired) electrons.